The molecule has 0 atom stereocenters. The van der Waals surface area contributed by atoms with Gasteiger partial charge in [0.2, 0.25) is 15.9 Å². The lowest BCUT2D eigenvalue weighted by Crippen LogP contribution is -2.60. The molecule has 1 aliphatic carbocycles. The van der Waals surface area contributed by atoms with Crippen LogP contribution in [0.15, 0.2) is 29.4 Å². The summed E-state index contributed by atoms with van der Waals surface area (Å²) in [6.07, 6.45) is 7.61. The molecule has 4 rings (SSSR count). The van der Waals surface area contributed by atoms with Crippen LogP contribution in [0.25, 0.3) is 11.0 Å². The number of aromatic nitrogens is 2. The van der Waals surface area contributed by atoms with Gasteiger partial charge in [-0.15, -0.1) is 0 Å². The van der Waals surface area contributed by atoms with Gasteiger partial charge >= 0.3 is 0 Å². The first-order valence-electron chi connectivity index (χ1n) is 9.42. The molecule has 2 aromatic rings. The zero-order chi connectivity index (χ0) is 19.1. The van der Waals surface area contributed by atoms with Gasteiger partial charge in [0.25, 0.3) is 0 Å². The van der Waals surface area contributed by atoms with Crippen molar-refractivity contribution >= 4 is 27.0 Å². The smallest absolute Gasteiger partial charge is 0.245 e. The molecule has 0 bridgehead atoms. The standard InChI is InChI=1S/C18H25N5O3S/c19-18(6-2-1-3-7-18)17(24)22-9-11-23(12-10-22)27(25,26)15-13-21-16-14(15)5-4-8-20-16/h4-5,8,13H,1-3,6-7,9-12,19H2,(H,20,21). The van der Waals surface area contributed by atoms with Crippen molar-refractivity contribution in [3.8, 4) is 0 Å². The molecule has 0 spiro atoms. The first-order chi connectivity index (χ1) is 12.9. The van der Waals surface area contributed by atoms with Gasteiger partial charge in [-0.1, -0.05) is 19.3 Å². The molecule has 2 aromatic heterocycles. The van der Waals surface area contributed by atoms with Crippen molar-refractivity contribution in [1.82, 2.24) is 19.2 Å². The lowest BCUT2D eigenvalue weighted by molar-refractivity contribution is -0.139. The van der Waals surface area contributed by atoms with Crippen molar-refractivity contribution < 1.29 is 13.2 Å². The fourth-order valence-electron chi connectivity index (χ4n) is 4.13. The Bertz CT molecular complexity index is 941. The highest BCUT2D eigenvalue weighted by Crippen LogP contribution is 2.29. The third-order valence-corrected chi connectivity index (χ3v) is 7.67. The number of sulfonamides is 1. The van der Waals surface area contributed by atoms with E-state index in [1.165, 1.54) is 10.5 Å². The monoisotopic (exact) mass is 391 g/mol. The third-order valence-electron chi connectivity index (χ3n) is 5.73. The molecule has 2 aliphatic rings. The van der Waals surface area contributed by atoms with Crippen LogP contribution < -0.4 is 5.73 Å². The van der Waals surface area contributed by atoms with E-state index in [4.69, 9.17) is 5.73 Å². The summed E-state index contributed by atoms with van der Waals surface area (Å²) in [7, 11) is -3.64. The summed E-state index contributed by atoms with van der Waals surface area (Å²) in [4.78, 5) is 21.9. The summed E-state index contributed by atoms with van der Waals surface area (Å²) in [5.74, 6) is -0.0319. The van der Waals surface area contributed by atoms with E-state index in [9.17, 15) is 13.2 Å². The van der Waals surface area contributed by atoms with Gasteiger partial charge in [0.15, 0.2) is 0 Å². The van der Waals surface area contributed by atoms with Gasteiger partial charge in [0, 0.05) is 44.0 Å². The molecular formula is C18H25N5O3S. The zero-order valence-corrected chi connectivity index (χ0v) is 16.0. The van der Waals surface area contributed by atoms with E-state index in [2.05, 4.69) is 9.97 Å². The molecule has 3 N–H and O–H groups in total. The second-order valence-corrected chi connectivity index (χ2v) is 9.37. The molecule has 0 aromatic carbocycles. The zero-order valence-electron chi connectivity index (χ0n) is 15.2. The summed E-state index contributed by atoms with van der Waals surface area (Å²) in [6.45, 7) is 1.30. The van der Waals surface area contributed by atoms with Crippen LogP contribution >= 0.6 is 0 Å². The summed E-state index contributed by atoms with van der Waals surface area (Å²) >= 11 is 0. The number of aromatic amines is 1. The van der Waals surface area contributed by atoms with E-state index in [0.717, 1.165) is 19.3 Å². The van der Waals surface area contributed by atoms with Crippen LogP contribution in [-0.2, 0) is 14.8 Å². The highest BCUT2D eigenvalue weighted by atomic mass is 32.2. The van der Waals surface area contributed by atoms with Crippen molar-refractivity contribution in [2.75, 3.05) is 26.2 Å². The van der Waals surface area contributed by atoms with Crippen LogP contribution in [0.4, 0.5) is 0 Å². The lowest BCUT2D eigenvalue weighted by Gasteiger charge is -2.40. The third kappa shape index (κ3) is 3.24. The van der Waals surface area contributed by atoms with E-state index in [1.54, 1.807) is 23.2 Å². The summed E-state index contributed by atoms with van der Waals surface area (Å²) in [6, 6.07) is 3.46. The van der Waals surface area contributed by atoms with Gasteiger partial charge in [0.05, 0.1) is 5.54 Å². The van der Waals surface area contributed by atoms with Gasteiger partial charge < -0.3 is 15.6 Å². The number of carbonyl (C=O) groups is 1. The highest BCUT2D eigenvalue weighted by Gasteiger charge is 2.40. The number of carbonyl (C=O) groups excluding carboxylic acids is 1. The van der Waals surface area contributed by atoms with Gasteiger partial charge in [-0.25, -0.2) is 13.4 Å². The maximum Gasteiger partial charge on any atom is 0.245 e. The van der Waals surface area contributed by atoms with Crippen molar-refractivity contribution in [3.63, 3.8) is 0 Å². The fraction of sp³-hybridized carbons (Fsp3) is 0.556. The minimum Gasteiger partial charge on any atom is -0.345 e. The Morgan fingerprint density at radius 2 is 1.85 bits per heavy atom. The summed E-state index contributed by atoms with van der Waals surface area (Å²) in [5, 5.41) is 0.583. The average molecular weight is 391 g/mol. The molecule has 146 valence electrons. The van der Waals surface area contributed by atoms with Crippen molar-refractivity contribution in [2.24, 2.45) is 5.73 Å². The number of piperazine rings is 1. The molecule has 8 nitrogen and oxygen atoms in total. The number of nitrogens with zero attached hydrogens (tertiary/aromatic N) is 3. The molecule has 9 heteroatoms. The van der Waals surface area contributed by atoms with Crippen LogP contribution in [-0.4, -0.2) is 65.2 Å². The number of nitrogens with one attached hydrogen (secondary N) is 1. The number of rotatable bonds is 3. The predicted molar refractivity (Wildman–Crippen MR) is 101 cm³/mol. The molecular weight excluding hydrogens is 366 g/mol. The van der Waals surface area contributed by atoms with Crippen LogP contribution in [0.1, 0.15) is 32.1 Å². The topological polar surface area (TPSA) is 112 Å². The largest absolute Gasteiger partial charge is 0.345 e. The Kier molecular flexibility index (Phi) is 4.69. The molecule has 3 heterocycles. The molecule has 1 aliphatic heterocycles. The molecule has 0 radical (unpaired) electrons. The minimum absolute atomic E-state index is 0.0319. The van der Waals surface area contributed by atoms with Crippen LogP contribution in [0.2, 0.25) is 0 Å². The number of hydrogen-bond acceptors (Lipinski definition) is 5. The van der Waals surface area contributed by atoms with Crippen LogP contribution in [0.5, 0.6) is 0 Å². The number of fused-ring (bicyclic) bond motifs is 1. The van der Waals surface area contributed by atoms with Gasteiger partial charge in [-0.05, 0) is 25.0 Å². The second-order valence-electron chi connectivity index (χ2n) is 7.47. The Hall–Kier alpha value is -1.97. The molecule has 1 saturated carbocycles. The Labute approximate surface area is 158 Å². The van der Waals surface area contributed by atoms with E-state index in [0.29, 0.717) is 37.0 Å². The van der Waals surface area contributed by atoms with E-state index >= 15 is 0 Å². The first kappa shape index (κ1) is 18.4. The summed E-state index contributed by atoms with van der Waals surface area (Å²) < 4.78 is 27.5. The quantitative estimate of drug-likeness (QED) is 0.812. The van der Waals surface area contributed by atoms with E-state index < -0.39 is 15.6 Å². The highest BCUT2D eigenvalue weighted by molar-refractivity contribution is 7.89. The Morgan fingerprint density at radius 1 is 1.15 bits per heavy atom. The number of amides is 1. The number of nitrogens with two attached hydrogens (primary N) is 1. The van der Waals surface area contributed by atoms with Crippen LogP contribution in [0, 0.1) is 0 Å². The number of H-pyrrole nitrogens is 1. The molecule has 1 saturated heterocycles. The van der Waals surface area contributed by atoms with Crippen molar-refractivity contribution in [1.29, 1.82) is 0 Å². The van der Waals surface area contributed by atoms with E-state index in [1.807, 2.05) is 0 Å². The van der Waals surface area contributed by atoms with Crippen LogP contribution in [0.3, 0.4) is 0 Å². The minimum atomic E-state index is -3.64. The van der Waals surface area contributed by atoms with Crippen molar-refractivity contribution in [2.45, 2.75) is 42.5 Å². The summed E-state index contributed by atoms with van der Waals surface area (Å²) in [5.41, 5.74) is 6.13. The van der Waals surface area contributed by atoms with Crippen molar-refractivity contribution in [3.05, 3.63) is 24.5 Å². The average Bonchev–Trinajstić information content (AvgIpc) is 3.13. The first-order valence-corrected chi connectivity index (χ1v) is 10.9. The van der Waals surface area contributed by atoms with Gasteiger partial charge in [0.1, 0.15) is 10.5 Å². The maximum atomic E-state index is 13.1. The fourth-order valence-corrected chi connectivity index (χ4v) is 5.70. The molecule has 27 heavy (non-hydrogen) atoms. The second kappa shape index (κ2) is 6.88. The predicted octanol–water partition coefficient (Wildman–Crippen LogP) is 1.06. The Morgan fingerprint density at radius 3 is 2.56 bits per heavy atom. The SMILES string of the molecule is NC1(C(=O)N2CCN(S(=O)(=O)c3c[nH]c4ncccc34)CC2)CCCCC1. The Balaban J connectivity index is 1.48. The lowest BCUT2D eigenvalue weighted by atomic mass is 9.81. The normalized spacial score (nSPS) is 21.4. The number of pyridine rings is 1. The maximum absolute atomic E-state index is 13.1. The number of hydrogen-bond donors (Lipinski definition) is 2. The molecule has 1 amide bonds. The molecule has 0 unspecified atom stereocenters. The van der Waals surface area contributed by atoms with Gasteiger partial charge in [-0.2, -0.15) is 4.31 Å². The molecule has 2 fully saturated rings. The van der Waals surface area contributed by atoms with Gasteiger partial charge in [-0.3, -0.25) is 4.79 Å². The van der Waals surface area contributed by atoms with E-state index in [-0.39, 0.29) is 23.9 Å².